The van der Waals surface area contributed by atoms with Gasteiger partial charge >= 0.3 is 5.97 Å². The van der Waals surface area contributed by atoms with Crippen molar-refractivity contribution in [2.24, 2.45) is 0 Å². The summed E-state index contributed by atoms with van der Waals surface area (Å²) >= 11 is 1.56. The number of amides is 1. The molecule has 0 aromatic carbocycles. The topological polar surface area (TPSA) is 75.6 Å². The van der Waals surface area contributed by atoms with Gasteiger partial charge < -0.3 is 15.2 Å². The van der Waals surface area contributed by atoms with E-state index in [0.717, 1.165) is 12.2 Å². The van der Waals surface area contributed by atoms with Crippen molar-refractivity contribution in [3.05, 3.63) is 0 Å². The molecule has 2 N–H and O–H groups in total. The smallest absolute Gasteiger partial charge is 0.330 e. The summed E-state index contributed by atoms with van der Waals surface area (Å²) in [5, 5.41) is 11.9. The highest BCUT2D eigenvalue weighted by Crippen LogP contribution is 2.29. The molecule has 2 aliphatic rings. The van der Waals surface area contributed by atoms with Crippen LogP contribution in [0, 0.1) is 0 Å². The SMILES string of the molecule is C[C@@H]1CC[C@H](C(=O)N[C@@]2(C(=O)O)CCSC2)O1. The van der Waals surface area contributed by atoms with Crippen LogP contribution in [-0.4, -0.2) is 46.2 Å². The maximum atomic E-state index is 11.9. The zero-order valence-corrected chi connectivity index (χ0v) is 10.6. The van der Waals surface area contributed by atoms with Crippen molar-refractivity contribution in [2.75, 3.05) is 11.5 Å². The van der Waals surface area contributed by atoms with Crippen molar-refractivity contribution >= 4 is 23.6 Å². The minimum atomic E-state index is -1.09. The Morgan fingerprint density at radius 3 is 2.71 bits per heavy atom. The summed E-state index contributed by atoms with van der Waals surface area (Å²) in [5.74, 6) is -0.00801. The van der Waals surface area contributed by atoms with Gasteiger partial charge in [0.05, 0.1) is 6.10 Å². The van der Waals surface area contributed by atoms with Gasteiger partial charge in [0.2, 0.25) is 5.91 Å². The molecular formula is C11H17NO4S. The van der Waals surface area contributed by atoms with Crippen LogP contribution in [0.5, 0.6) is 0 Å². The number of aliphatic carboxylic acids is 1. The van der Waals surface area contributed by atoms with Gasteiger partial charge in [0, 0.05) is 5.75 Å². The molecule has 0 aromatic heterocycles. The van der Waals surface area contributed by atoms with E-state index in [-0.39, 0.29) is 12.0 Å². The third kappa shape index (κ3) is 2.57. The van der Waals surface area contributed by atoms with Gasteiger partial charge in [-0.3, -0.25) is 4.79 Å². The van der Waals surface area contributed by atoms with E-state index in [1.165, 1.54) is 0 Å². The van der Waals surface area contributed by atoms with E-state index in [1.807, 2.05) is 6.92 Å². The van der Waals surface area contributed by atoms with Gasteiger partial charge in [-0.1, -0.05) is 0 Å². The van der Waals surface area contributed by atoms with Crippen molar-refractivity contribution in [1.82, 2.24) is 5.32 Å². The largest absolute Gasteiger partial charge is 0.479 e. The van der Waals surface area contributed by atoms with E-state index >= 15 is 0 Å². The summed E-state index contributed by atoms with van der Waals surface area (Å²) in [6.45, 7) is 1.92. The maximum absolute atomic E-state index is 11.9. The Bertz CT molecular complexity index is 327. The Morgan fingerprint density at radius 1 is 1.47 bits per heavy atom. The zero-order valence-electron chi connectivity index (χ0n) is 9.77. The second kappa shape index (κ2) is 4.86. The number of nitrogens with one attached hydrogen (secondary N) is 1. The molecule has 5 nitrogen and oxygen atoms in total. The third-order valence-corrected chi connectivity index (χ3v) is 4.51. The predicted octanol–water partition coefficient (Wildman–Crippen LogP) is 0.630. The number of carboxylic acid groups (broad SMARTS) is 1. The molecule has 0 bridgehead atoms. The molecule has 3 atom stereocenters. The predicted molar refractivity (Wildman–Crippen MR) is 64.0 cm³/mol. The minimum Gasteiger partial charge on any atom is -0.479 e. The fraction of sp³-hybridized carbons (Fsp3) is 0.818. The highest BCUT2D eigenvalue weighted by molar-refractivity contribution is 7.99. The van der Waals surface area contributed by atoms with E-state index < -0.39 is 17.6 Å². The van der Waals surface area contributed by atoms with Gasteiger partial charge in [0.15, 0.2) is 0 Å². The van der Waals surface area contributed by atoms with Gasteiger partial charge in [-0.05, 0) is 31.9 Å². The molecule has 6 heteroatoms. The zero-order chi connectivity index (χ0) is 12.5. The molecule has 0 saturated carbocycles. The van der Waals surface area contributed by atoms with E-state index in [0.29, 0.717) is 18.6 Å². The van der Waals surface area contributed by atoms with Crippen molar-refractivity contribution in [1.29, 1.82) is 0 Å². The first-order valence-electron chi connectivity index (χ1n) is 5.82. The lowest BCUT2D eigenvalue weighted by atomic mass is 9.98. The highest BCUT2D eigenvalue weighted by Gasteiger charge is 2.45. The Kier molecular flexibility index (Phi) is 3.63. The highest BCUT2D eigenvalue weighted by atomic mass is 32.2. The molecule has 2 fully saturated rings. The lowest BCUT2D eigenvalue weighted by Crippen LogP contribution is -2.57. The van der Waals surface area contributed by atoms with E-state index in [9.17, 15) is 14.7 Å². The molecule has 0 aliphatic carbocycles. The number of thioether (sulfide) groups is 1. The molecule has 2 saturated heterocycles. The monoisotopic (exact) mass is 259 g/mol. The number of carbonyl (C=O) groups excluding carboxylic acids is 1. The molecule has 17 heavy (non-hydrogen) atoms. The average Bonchev–Trinajstić information content (AvgIpc) is 2.87. The minimum absolute atomic E-state index is 0.0875. The fourth-order valence-electron chi connectivity index (χ4n) is 2.20. The molecule has 0 unspecified atom stereocenters. The van der Waals surface area contributed by atoms with Crippen LogP contribution in [-0.2, 0) is 14.3 Å². The van der Waals surface area contributed by atoms with E-state index in [4.69, 9.17) is 4.74 Å². The van der Waals surface area contributed by atoms with Crippen molar-refractivity contribution in [3.63, 3.8) is 0 Å². The quantitative estimate of drug-likeness (QED) is 0.777. The molecule has 2 rings (SSSR count). The first-order chi connectivity index (χ1) is 8.03. The van der Waals surface area contributed by atoms with Crippen LogP contribution in [0.25, 0.3) is 0 Å². The lowest BCUT2D eigenvalue weighted by Gasteiger charge is -2.26. The molecule has 0 aromatic rings. The summed E-state index contributed by atoms with van der Waals surface area (Å²) in [7, 11) is 0. The molecule has 2 aliphatic heterocycles. The summed E-state index contributed by atoms with van der Waals surface area (Å²) in [4.78, 5) is 23.2. The normalized spacial score (nSPS) is 37.0. The number of hydrogen-bond acceptors (Lipinski definition) is 4. The second-order valence-corrected chi connectivity index (χ2v) is 5.80. The summed E-state index contributed by atoms with van der Waals surface area (Å²) in [5.41, 5.74) is -1.09. The molecule has 96 valence electrons. The average molecular weight is 259 g/mol. The number of rotatable bonds is 3. The Balaban J connectivity index is 1.99. The van der Waals surface area contributed by atoms with Crippen LogP contribution in [0.15, 0.2) is 0 Å². The fourth-order valence-corrected chi connectivity index (χ4v) is 3.52. The van der Waals surface area contributed by atoms with Crippen LogP contribution in [0.2, 0.25) is 0 Å². The van der Waals surface area contributed by atoms with Crippen LogP contribution in [0.1, 0.15) is 26.2 Å². The molecule has 0 spiro atoms. The first-order valence-corrected chi connectivity index (χ1v) is 6.97. The van der Waals surface area contributed by atoms with Gasteiger partial charge in [0.25, 0.3) is 0 Å². The van der Waals surface area contributed by atoms with Gasteiger partial charge in [-0.15, -0.1) is 0 Å². The Morgan fingerprint density at radius 2 is 2.24 bits per heavy atom. The van der Waals surface area contributed by atoms with Gasteiger partial charge in [-0.25, -0.2) is 4.79 Å². The summed E-state index contributed by atoms with van der Waals surface area (Å²) in [6, 6.07) is 0. The van der Waals surface area contributed by atoms with Gasteiger partial charge in [0.1, 0.15) is 11.6 Å². The number of carboxylic acids is 1. The maximum Gasteiger partial charge on any atom is 0.330 e. The van der Waals surface area contributed by atoms with Crippen LogP contribution in [0.4, 0.5) is 0 Å². The first kappa shape index (κ1) is 12.7. The number of carbonyl (C=O) groups is 2. The standard InChI is InChI=1S/C11H17NO4S/c1-7-2-3-8(16-7)9(13)12-11(10(14)15)4-5-17-6-11/h7-8H,2-6H2,1H3,(H,12,13)(H,14,15)/t7-,8-,11+/m1/s1. The van der Waals surface area contributed by atoms with Crippen molar-refractivity contribution in [2.45, 2.75) is 43.9 Å². The van der Waals surface area contributed by atoms with Crippen LogP contribution >= 0.6 is 11.8 Å². The van der Waals surface area contributed by atoms with E-state index in [2.05, 4.69) is 5.32 Å². The summed E-state index contributed by atoms with van der Waals surface area (Å²) < 4.78 is 5.45. The molecule has 1 amide bonds. The van der Waals surface area contributed by atoms with Crippen molar-refractivity contribution in [3.8, 4) is 0 Å². The summed E-state index contributed by atoms with van der Waals surface area (Å²) in [6.07, 6.45) is 1.63. The Hall–Kier alpha value is -0.750. The molecule has 2 heterocycles. The second-order valence-electron chi connectivity index (χ2n) is 4.69. The lowest BCUT2D eigenvalue weighted by molar-refractivity contribution is -0.148. The van der Waals surface area contributed by atoms with Gasteiger partial charge in [-0.2, -0.15) is 11.8 Å². The Labute approximate surface area is 104 Å². The van der Waals surface area contributed by atoms with E-state index in [1.54, 1.807) is 11.8 Å². The number of hydrogen-bond donors (Lipinski definition) is 2. The van der Waals surface area contributed by atoms with Crippen LogP contribution < -0.4 is 5.32 Å². The molecular weight excluding hydrogens is 242 g/mol. The van der Waals surface area contributed by atoms with Crippen LogP contribution in [0.3, 0.4) is 0 Å². The molecule has 0 radical (unpaired) electrons. The van der Waals surface area contributed by atoms with Crippen molar-refractivity contribution < 1.29 is 19.4 Å². The number of ether oxygens (including phenoxy) is 1. The third-order valence-electron chi connectivity index (χ3n) is 3.32.